The summed E-state index contributed by atoms with van der Waals surface area (Å²) >= 11 is 0. The third kappa shape index (κ3) is 3.58. The zero-order valence-corrected chi connectivity index (χ0v) is 10.2. The van der Waals surface area contributed by atoms with Crippen LogP contribution in [0.1, 0.15) is 33.1 Å². The summed E-state index contributed by atoms with van der Waals surface area (Å²) in [6, 6.07) is 0.789. The van der Waals surface area contributed by atoms with Gasteiger partial charge in [0.25, 0.3) is 0 Å². The lowest BCUT2D eigenvalue weighted by Gasteiger charge is -2.36. The average molecular weight is 198 g/mol. The molecule has 0 aromatic heterocycles. The van der Waals surface area contributed by atoms with Gasteiger partial charge in [0.15, 0.2) is 0 Å². The largest absolute Gasteiger partial charge is 0.317 e. The molecule has 1 N–H and O–H groups in total. The van der Waals surface area contributed by atoms with Crippen molar-refractivity contribution in [2.75, 3.05) is 27.2 Å². The maximum absolute atomic E-state index is 3.44. The normalized spacial score (nSPS) is 21.9. The first-order valence-electron chi connectivity index (χ1n) is 5.98. The monoisotopic (exact) mass is 198 g/mol. The molecule has 1 aliphatic heterocycles. The highest BCUT2D eigenvalue weighted by atomic mass is 15.1. The molecule has 0 aliphatic carbocycles. The topological polar surface area (TPSA) is 15.3 Å². The average Bonchev–Trinajstić information content (AvgIpc) is 2.15. The minimum Gasteiger partial charge on any atom is -0.317 e. The van der Waals surface area contributed by atoms with Gasteiger partial charge in [-0.1, -0.05) is 13.8 Å². The van der Waals surface area contributed by atoms with Gasteiger partial charge in [0.1, 0.15) is 0 Å². The fourth-order valence-corrected chi connectivity index (χ4v) is 2.54. The first kappa shape index (κ1) is 12.0. The van der Waals surface area contributed by atoms with Crippen LogP contribution >= 0.6 is 0 Å². The van der Waals surface area contributed by atoms with Crippen molar-refractivity contribution in [2.45, 2.75) is 39.2 Å². The second kappa shape index (κ2) is 5.72. The fraction of sp³-hybridized carbons (Fsp3) is 1.00. The standard InChI is InChI=1S/C12H26N2/c1-10(2)9-12(14(3)4)11-5-7-13-8-6-11/h10-13H,5-9H2,1-4H3. The van der Waals surface area contributed by atoms with E-state index in [1.165, 1.54) is 32.4 Å². The molecule has 1 aliphatic rings. The summed E-state index contributed by atoms with van der Waals surface area (Å²) in [5.41, 5.74) is 0. The van der Waals surface area contributed by atoms with Gasteiger partial charge < -0.3 is 10.2 Å². The summed E-state index contributed by atoms with van der Waals surface area (Å²) < 4.78 is 0. The van der Waals surface area contributed by atoms with E-state index in [0.717, 1.165) is 17.9 Å². The van der Waals surface area contributed by atoms with Crippen LogP contribution in [0.3, 0.4) is 0 Å². The Morgan fingerprint density at radius 1 is 1.21 bits per heavy atom. The molecule has 1 fully saturated rings. The molecule has 84 valence electrons. The zero-order chi connectivity index (χ0) is 10.6. The van der Waals surface area contributed by atoms with Gasteiger partial charge in [-0.25, -0.2) is 0 Å². The van der Waals surface area contributed by atoms with Crippen molar-refractivity contribution >= 4 is 0 Å². The Morgan fingerprint density at radius 2 is 1.79 bits per heavy atom. The number of nitrogens with zero attached hydrogens (tertiary/aromatic N) is 1. The summed E-state index contributed by atoms with van der Waals surface area (Å²) in [6.45, 7) is 7.09. The minimum atomic E-state index is 0.789. The van der Waals surface area contributed by atoms with Crippen LogP contribution in [0.5, 0.6) is 0 Å². The van der Waals surface area contributed by atoms with E-state index in [4.69, 9.17) is 0 Å². The molecule has 1 unspecified atom stereocenters. The molecule has 2 nitrogen and oxygen atoms in total. The second-order valence-corrected chi connectivity index (χ2v) is 5.25. The van der Waals surface area contributed by atoms with E-state index in [1.807, 2.05) is 0 Å². The van der Waals surface area contributed by atoms with Crippen molar-refractivity contribution in [3.8, 4) is 0 Å². The Hall–Kier alpha value is -0.0800. The predicted octanol–water partition coefficient (Wildman–Crippen LogP) is 1.96. The van der Waals surface area contributed by atoms with Gasteiger partial charge in [-0.15, -0.1) is 0 Å². The Balaban J connectivity index is 2.47. The van der Waals surface area contributed by atoms with Crippen LogP contribution < -0.4 is 5.32 Å². The van der Waals surface area contributed by atoms with Gasteiger partial charge in [-0.05, 0) is 58.3 Å². The van der Waals surface area contributed by atoms with Crippen molar-refractivity contribution in [1.82, 2.24) is 10.2 Å². The first-order chi connectivity index (χ1) is 6.61. The highest BCUT2D eigenvalue weighted by Gasteiger charge is 2.25. The van der Waals surface area contributed by atoms with Gasteiger partial charge in [-0.2, -0.15) is 0 Å². The Morgan fingerprint density at radius 3 is 2.21 bits per heavy atom. The van der Waals surface area contributed by atoms with Crippen LogP contribution in [-0.4, -0.2) is 38.1 Å². The van der Waals surface area contributed by atoms with Crippen LogP contribution in [0, 0.1) is 11.8 Å². The summed E-state index contributed by atoms with van der Waals surface area (Å²) in [5.74, 6) is 1.73. The van der Waals surface area contributed by atoms with Crippen molar-refractivity contribution in [2.24, 2.45) is 11.8 Å². The highest BCUT2D eigenvalue weighted by molar-refractivity contribution is 4.81. The van der Waals surface area contributed by atoms with Crippen LogP contribution in [0.4, 0.5) is 0 Å². The molecular formula is C12H26N2. The molecule has 0 aromatic rings. The Kier molecular flexibility index (Phi) is 4.90. The summed E-state index contributed by atoms with van der Waals surface area (Å²) in [5, 5.41) is 3.44. The maximum atomic E-state index is 3.44. The van der Waals surface area contributed by atoms with Crippen molar-refractivity contribution < 1.29 is 0 Å². The number of piperidine rings is 1. The van der Waals surface area contributed by atoms with E-state index in [-0.39, 0.29) is 0 Å². The van der Waals surface area contributed by atoms with Gasteiger partial charge in [0, 0.05) is 6.04 Å². The van der Waals surface area contributed by atoms with Crippen molar-refractivity contribution in [3.63, 3.8) is 0 Å². The lowest BCUT2D eigenvalue weighted by molar-refractivity contribution is 0.152. The maximum Gasteiger partial charge on any atom is 0.0121 e. The Bertz CT molecular complexity index is 148. The lowest BCUT2D eigenvalue weighted by Crippen LogP contribution is -2.41. The predicted molar refractivity (Wildman–Crippen MR) is 62.5 cm³/mol. The van der Waals surface area contributed by atoms with E-state index >= 15 is 0 Å². The zero-order valence-electron chi connectivity index (χ0n) is 10.2. The third-order valence-electron chi connectivity index (χ3n) is 3.30. The van der Waals surface area contributed by atoms with E-state index in [0.29, 0.717) is 0 Å². The van der Waals surface area contributed by atoms with Crippen molar-refractivity contribution in [3.05, 3.63) is 0 Å². The quantitative estimate of drug-likeness (QED) is 0.743. The Labute approximate surface area is 89.1 Å². The van der Waals surface area contributed by atoms with Crippen LogP contribution in [0.15, 0.2) is 0 Å². The van der Waals surface area contributed by atoms with Gasteiger partial charge in [0.2, 0.25) is 0 Å². The smallest absolute Gasteiger partial charge is 0.0121 e. The molecular weight excluding hydrogens is 172 g/mol. The van der Waals surface area contributed by atoms with Crippen LogP contribution in [-0.2, 0) is 0 Å². The van der Waals surface area contributed by atoms with E-state index in [1.54, 1.807) is 0 Å². The SMILES string of the molecule is CC(C)CC(C1CCNCC1)N(C)C. The molecule has 14 heavy (non-hydrogen) atoms. The molecule has 0 bridgehead atoms. The molecule has 1 saturated heterocycles. The number of nitrogens with one attached hydrogen (secondary N) is 1. The van der Waals surface area contributed by atoms with Gasteiger partial charge in [-0.3, -0.25) is 0 Å². The number of hydrogen-bond acceptors (Lipinski definition) is 2. The molecule has 1 atom stereocenters. The third-order valence-corrected chi connectivity index (χ3v) is 3.30. The van der Waals surface area contributed by atoms with Crippen molar-refractivity contribution in [1.29, 1.82) is 0 Å². The molecule has 0 radical (unpaired) electrons. The number of rotatable bonds is 4. The molecule has 0 amide bonds. The lowest BCUT2D eigenvalue weighted by atomic mass is 9.85. The highest BCUT2D eigenvalue weighted by Crippen LogP contribution is 2.24. The van der Waals surface area contributed by atoms with Crippen LogP contribution in [0.25, 0.3) is 0 Å². The molecule has 0 saturated carbocycles. The number of hydrogen-bond donors (Lipinski definition) is 1. The van der Waals surface area contributed by atoms with E-state index in [2.05, 4.69) is 38.2 Å². The first-order valence-corrected chi connectivity index (χ1v) is 5.98. The summed E-state index contributed by atoms with van der Waals surface area (Å²) in [4.78, 5) is 2.43. The molecule has 2 heteroatoms. The summed E-state index contributed by atoms with van der Waals surface area (Å²) in [6.07, 6.45) is 4.06. The van der Waals surface area contributed by atoms with E-state index < -0.39 is 0 Å². The molecule has 1 heterocycles. The molecule has 1 rings (SSSR count). The van der Waals surface area contributed by atoms with Gasteiger partial charge in [0.05, 0.1) is 0 Å². The second-order valence-electron chi connectivity index (χ2n) is 5.25. The molecule has 0 spiro atoms. The minimum absolute atomic E-state index is 0.789. The van der Waals surface area contributed by atoms with Crippen LogP contribution in [0.2, 0.25) is 0 Å². The fourth-order valence-electron chi connectivity index (χ4n) is 2.54. The molecule has 0 aromatic carbocycles. The summed E-state index contributed by atoms with van der Waals surface area (Å²) in [7, 11) is 4.46. The van der Waals surface area contributed by atoms with Gasteiger partial charge >= 0.3 is 0 Å². The van der Waals surface area contributed by atoms with E-state index in [9.17, 15) is 0 Å².